The molecule has 0 fully saturated rings. The highest BCUT2D eigenvalue weighted by atomic mass is 32.2. The lowest BCUT2D eigenvalue weighted by molar-refractivity contribution is 0.679. The minimum absolute atomic E-state index is 0.563. The number of anilines is 1. The van der Waals surface area contributed by atoms with Gasteiger partial charge in [0.1, 0.15) is 0 Å². The van der Waals surface area contributed by atoms with Crippen LogP contribution in [0.15, 0.2) is 30.5 Å². The third-order valence-electron chi connectivity index (χ3n) is 2.93. The van der Waals surface area contributed by atoms with E-state index in [0.29, 0.717) is 5.75 Å². The molecule has 0 saturated carbocycles. The Labute approximate surface area is 110 Å². The van der Waals surface area contributed by atoms with Crippen molar-refractivity contribution in [3.05, 3.63) is 36.0 Å². The minimum Gasteiger partial charge on any atom is -0.398 e. The minimum atomic E-state index is -0.814. The topological polar surface area (TPSA) is 56.0 Å². The van der Waals surface area contributed by atoms with Crippen LogP contribution < -0.4 is 5.73 Å². The zero-order valence-corrected chi connectivity index (χ0v) is 11.4. The normalized spacial score (nSPS) is 12.7. The fourth-order valence-corrected chi connectivity index (χ4v) is 3.26. The number of hydrogen-bond donors (Lipinski definition) is 1. The van der Waals surface area contributed by atoms with Gasteiger partial charge in [0.25, 0.3) is 0 Å². The van der Waals surface area contributed by atoms with E-state index < -0.39 is 10.8 Å². The van der Waals surface area contributed by atoms with Gasteiger partial charge in [0, 0.05) is 33.8 Å². The van der Waals surface area contributed by atoms with E-state index in [2.05, 4.69) is 11.9 Å². The smallest absolute Gasteiger partial charge is 0.0763 e. The molecule has 1 aromatic heterocycles. The summed E-state index contributed by atoms with van der Waals surface area (Å²) in [6, 6.07) is 7.64. The maximum atomic E-state index is 12.0. The van der Waals surface area contributed by atoms with E-state index in [-0.39, 0.29) is 0 Å². The van der Waals surface area contributed by atoms with Gasteiger partial charge in [-0.1, -0.05) is 19.4 Å². The Morgan fingerprint density at radius 3 is 2.94 bits per heavy atom. The first-order chi connectivity index (χ1) is 8.72. The van der Waals surface area contributed by atoms with Gasteiger partial charge in [-0.15, -0.1) is 0 Å². The number of nitrogen functional groups attached to an aromatic ring is 1. The lowest BCUT2D eigenvalue weighted by Gasteiger charge is -2.07. The van der Waals surface area contributed by atoms with Crippen molar-refractivity contribution in [2.75, 3.05) is 11.5 Å². The standard InChI is InChI=1S/C14H18N2OS/c1-2-3-9-18(17)10-11-6-7-13(15)12-5-4-8-16-14(11)12/h4-8H,2-3,9-10,15H2,1H3. The highest BCUT2D eigenvalue weighted by Gasteiger charge is 2.08. The number of benzene rings is 1. The number of nitrogens with zero attached hydrogens (tertiary/aromatic N) is 1. The molecule has 18 heavy (non-hydrogen) atoms. The summed E-state index contributed by atoms with van der Waals surface area (Å²) < 4.78 is 12.0. The van der Waals surface area contributed by atoms with E-state index in [9.17, 15) is 4.21 Å². The number of aromatic nitrogens is 1. The second-order valence-electron chi connectivity index (χ2n) is 4.36. The van der Waals surface area contributed by atoms with Crippen LogP contribution in [-0.2, 0) is 16.6 Å². The van der Waals surface area contributed by atoms with Crippen LogP contribution in [0.1, 0.15) is 25.3 Å². The van der Waals surface area contributed by atoms with Gasteiger partial charge in [-0.2, -0.15) is 0 Å². The Balaban J connectivity index is 2.29. The molecule has 2 rings (SSSR count). The van der Waals surface area contributed by atoms with Gasteiger partial charge < -0.3 is 5.73 Å². The summed E-state index contributed by atoms with van der Waals surface area (Å²) in [7, 11) is -0.814. The summed E-state index contributed by atoms with van der Waals surface area (Å²) in [5, 5.41) is 0.947. The van der Waals surface area contributed by atoms with E-state index in [1.165, 1.54) is 0 Å². The van der Waals surface area contributed by atoms with Crippen LogP contribution in [0.4, 0.5) is 5.69 Å². The summed E-state index contributed by atoms with van der Waals surface area (Å²) in [6.07, 6.45) is 3.83. The number of unbranched alkanes of at least 4 members (excludes halogenated alkanes) is 1. The second-order valence-corrected chi connectivity index (χ2v) is 5.93. The Morgan fingerprint density at radius 1 is 1.33 bits per heavy atom. The van der Waals surface area contributed by atoms with Crippen LogP contribution in [-0.4, -0.2) is 14.9 Å². The molecule has 0 amide bonds. The average molecular weight is 262 g/mol. The Morgan fingerprint density at radius 2 is 2.17 bits per heavy atom. The quantitative estimate of drug-likeness (QED) is 0.843. The number of rotatable bonds is 5. The van der Waals surface area contributed by atoms with Crippen molar-refractivity contribution >= 4 is 27.4 Å². The van der Waals surface area contributed by atoms with E-state index in [4.69, 9.17) is 5.73 Å². The molecule has 0 saturated heterocycles. The van der Waals surface area contributed by atoms with Gasteiger partial charge in [0.05, 0.1) is 11.3 Å². The summed E-state index contributed by atoms with van der Waals surface area (Å²) in [4.78, 5) is 4.36. The lowest BCUT2D eigenvalue weighted by atomic mass is 10.1. The van der Waals surface area contributed by atoms with Gasteiger partial charge in [0.2, 0.25) is 0 Å². The lowest BCUT2D eigenvalue weighted by Crippen LogP contribution is -2.02. The zero-order chi connectivity index (χ0) is 13.0. The van der Waals surface area contributed by atoms with Crippen molar-refractivity contribution in [3.63, 3.8) is 0 Å². The zero-order valence-electron chi connectivity index (χ0n) is 10.6. The third kappa shape index (κ3) is 2.88. The van der Waals surface area contributed by atoms with E-state index in [1.54, 1.807) is 6.20 Å². The van der Waals surface area contributed by atoms with Crippen LogP contribution in [0.2, 0.25) is 0 Å². The average Bonchev–Trinajstić information content (AvgIpc) is 2.40. The molecule has 0 radical (unpaired) electrons. The van der Waals surface area contributed by atoms with Crippen molar-refractivity contribution in [2.45, 2.75) is 25.5 Å². The Hall–Kier alpha value is -1.42. The Bertz CT molecular complexity index is 569. The van der Waals surface area contributed by atoms with Gasteiger partial charge >= 0.3 is 0 Å². The predicted octanol–water partition coefficient (Wildman–Crippen LogP) is 2.87. The molecule has 2 N–H and O–H groups in total. The summed E-state index contributed by atoms with van der Waals surface area (Å²) in [5.41, 5.74) is 8.54. The summed E-state index contributed by atoms with van der Waals surface area (Å²) >= 11 is 0. The molecule has 1 atom stereocenters. The first-order valence-corrected chi connectivity index (χ1v) is 7.68. The molecule has 1 unspecified atom stereocenters. The first-order valence-electron chi connectivity index (χ1n) is 6.19. The van der Waals surface area contributed by atoms with Crippen molar-refractivity contribution in [1.29, 1.82) is 0 Å². The van der Waals surface area contributed by atoms with Crippen LogP contribution in [0.3, 0.4) is 0 Å². The highest BCUT2D eigenvalue weighted by Crippen LogP contribution is 2.23. The fourth-order valence-electron chi connectivity index (χ4n) is 1.92. The second kappa shape index (κ2) is 5.96. The number of fused-ring (bicyclic) bond motifs is 1. The first kappa shape index (κ1) is 13.0. The number of pyridine rings is 1. The van der Waals surface area contributed by atoms with Crippen LogP contribution in [0.5, 0.6) is 0 Å². The Kier molecular flexibility index (Phi) is 4.31. The molecular weight excluding hydrogens is 244 g/mol. The fraction of sp³-hybridized carbons (Fsp3) is 0.357. The molecule has 0 aliphatic carbocycles. The summed E-state index contributed by atoms with van der Waals surface area (Å²) in [6.45, 7) is 2.11. The van der Waals surface area contributed by atoms with Crippen molar-refractivity contribution < 1.29 is 4.21 Å². The van der Waals surface area contributed by atoms with Gasteiger partial charge in [0.15, 0.2) is 0 Å². The van der Waals surface area contributed by atoms with Gasteiger partial charge in [-0.25, -0.2) is 0 Å². The van der Waals surface area contributed by atoms with Crippen LogP contribution in [0, 0.1) is 0 Å². The SMILES string of the molecule is CCCCS(=O)Cc1ccc(N)c2cccnc12. The van der Waals surface area contributed by atoms with Gasteiger partial charge in [-0.3, -0.25) is 9.19 Å². The van der Waals surface area contributed by atoms with E-state index in [1.807, 2.05) is 24.3 Å². The van der Waals surface area contributed by atoms with Crippen molar-refractivity contribution in [1.82, 2.24) is 4.98 Å². The van der Waals surface area contributed by atoms with Gasteiger partial charge in [-0.05, 0) is 30.2 Å². The molecule has 0 aliphatic heterocycles. The summed E-state index contributed by atoms with van der Waals surface area (Å²) in [5.74, 6) is 1.32. The number of hydrogen-bond acceptors (Lipinski definition) is 3. The number of nitrogens with two attached hydrogens (primary N) is 1. The molecule has 0 aliphatic rings. The molecule has 4 heteroatoms. The maximum absolute atomic E-state index is 12.0. The van der Waals surface area contributed by atoms with E-state index in [0.717, 1.165) is 40.7 Å². The highest BCUT2D eigenvalue weighted by molar-refractivity contribution is 7.84. The molecule has 1 aromatic carbocycles. The molecule has 0 spiro atoms. The van der Waals surface area contributed by atoms with Crippen molar-refractivity contribution in [2.24, 2.45) is 0 Å². The van der Waals surface area contributed by atoms with Crippen molar-refractivity contribution in [3.8, 4) is 0 Å². The van der Waals surface area contributed by atoms with E-state index >= 15 is 0 Å². The molecule has 1 heterocycles. The predicted molar refractivity (Wildman–Crippen MR) is 77.8 cm³/mol. The molecule has 3 nitrogen and oxygen atoms in total. The monoisotopic (exact) mass is 262 g/mol. The molecule has 96 valence electrons. The largest absolute Gasteiger partial charge is 0.398 e. The molecule has 2 aromatic rings. The molecular formula is C14H18N2OS. The van der Waals surface area contributed by atoms with Crippen LogP contribution in [0.25, 0.3) is 10.9 Å². The molecule has 0 bridgehead atoms. The maximum Gasteiger partial charge on any atom is 0.0763 e. The van der Waals surface area contributed by atoms with Crippen LogP contribution >= 0.6 is 0 Å². The third-order valence-corrected chi connectivity index (χ3v) is 4.31.